The summed E-state index contributed by atoms with van der Waals surface area (Å²) >= 11 is 0. The van der Waals surface area contributed by atoms with E-state index in [-0.39, 0.29) is 0 Å². The second-order valence-electron chi connectivity index (χ2n) is 5.39. The highest BCUT2D eigenvalue weighted by Gasteiger charge is 2.35. The van der Waals surface area contributed by atoms with Crippen molar-refractivity contribution in [3.63, 3.8) is 0 Å². The van der Waals surface area contributed by atoms with Crippen LogP contribution in [0.1, 0.15) is 44.3 Å². The van der Waals surface area contributed by atoms with Gasteiger partial charge in [0, 0.05) is 30.9 Å². The van der Waals surface area contributed by atoms with Crippen LogP contribution in [0.2, 0.25) is 0 Å². The molecule has 4 nitrogen and oxygen atoms in total. The number of rotatable bonds is 3. The van der Waals surface area contributed by atoms with E-state index in [4.69, 9.17) is 0 Å². The Morgan fingerprint density at radius 1 is 1.41 bits per heavy atom. The van der Waals surface area contributed by atoms with Crippen LogP contribution >= 0.6 is 0 Å². The zero-order valence-corrected chi connectivity index (χ0v) is 10.5. The molecule has 0 saturated carbocycles. The second-order valence-corrected chi connectivity index (χ2v) is 5.39. The Labute approximate surface area is 103 Å². The van der Waals surface area contributed by atoms with E-state index in [1.54, 1.807) is 0 Å². The minimum Gasteiger partial charge on any atom is -0.304 e. The number of aromatic amines is 1. The van der Waals surface area contributed by atoms with E-state index in [0.29, 0.717) is 12.1 Å². The van der Waals surface area contributed by atoms with Gasteiger partial charge in [-0.2, -0.15) is 5.10 Å². The molecule has 4 heteroatoms. The van der Waals surface area contributed by atoms with Crippen molar-refractivity contribution in [2.24, 2.45) is 0 Å². The van der Waals surface area contributed by atoms with Gasteiger partial charge in [0.05, 0.1) is 5.69 Å². The van der Waals surface area contributed by atoms with Crippen molar-refractivity contribution < 1.29 is 0 Å². The first kappa shape index (κ1) is 11.2. The maximum atomic E-state index is 4.02. The highest BCUT2D eigenvalue weighted by molar-refractivity contribution is 5.05. The maximum absolute atomic E-state index is 4.02. The van der Waals surface area contributed by atoms with Gasteiger partial charge in [-0.15, -0.1) is 0 Å². The Kier molecular flexibility index (Phi) is 3.16. The molecule has 17 heavy (non-hydrogen) atoms. The number of hydrogen-bond donors (Lipinski definition) is 2. The van der Waals surface area contributed by atoms with Crippen LogP contribution in [0.25, 0.3) is 0 Å². The minimum absolute atomic E-state index is 0.379. The molecular weight excluding hydrogens is 212 g/mol. The third kappa shape index (κ3) is 2.24. The summed E-state index contributed by atoms with van der Waals surface area (Å²) in [5.74, 6) is 0. The number of nitrogens with one attached hydrogen (secondary N) is 2. The number of nitrogens with zero attached hydrogens (tertiary/aromatic N) is 2. The van der Waals surface area contributed by atoms with Crippen LogP contribution in [0.15, 0.2) is 12.3 Å². The molecule has 3 unspecified atom stereocenters. The summed E-state index contributed by atoms with van der Waals surface area (Å²) in [6.07, 6.45) is 7.28. The molecule has 0 aliphatic carbocycles. The molecule has 0 amide bonds. The lowest BCUT2D eigenvalue weighted by atomic mass is 9.98. The number of H-pyrrole nitrogens is 1. The SMILES string of the molecule is CC(NC1CCN2CCCCC12)c1ccn[nH]1. The summed E-state index contributed by atoms with van der Waals surface area (Å²) in [5, 5.41) is 10.8. The van der Waals surface area contributed by atoms with Gasteiger partial charge < -0.3 is 5.32 Å². The smallest absolute Gasteiger partial charge is 0.0518 e. The van der Waals surface area contributed by atoms with Crippen molar-refractivity contribution in [3.8, 4) is 0 Å². The van der Waals surface area contributed by atoms with Gasteiger partial charge in [-0.25, -0.2) is 0 Å². The van der Waals surface area contributed by atoms with Gasteiger partial charge in [-0.3, -0.25) is 10.00 Å². The molecule has 2 fully saturated rings. The highest BCUT2D eigenvalue weighted by atomic mass is 15.2. The van der Waals surface area contributed by atoms with E-state index in [2.05, 4.69) is 33.4 Å². The largest absolute Gasteiger partial charge is 0.304 e. The van der Waals surface area contributed by atoms with Crippen LogP contribution in [-0.4, -0.2) is 40.3 Å². The predicted octanol–water partition coefficient (Wildman–Crippen LogP) is 1.69. The molecule has 3 heterocycles. The third-order valence-corrected chi connectivity index (χ3v) is 4.31. The molecule has 0 bridgehead atoms. The molecule has 3 atom stereocenters. The van der Waals surface area contributed by atoms with Gasteiger partial charge in [-0.05, 0) is 38.8 Å². The monoisotopic (exact) mass is 234 g/mol. The summed E-state index contributed by atoms with van der Waals surface area (Å²) in [6.45, 7) is 4.80. The number of aromatic nitrogens is 2. The second kappa shape index (κ2) is 4.78. The Hall–Kier alpha value is -0.870. The van der Waals surface area contributed by atoms with Gasteiger partial charge in [0.2, 0.25) is 0 Å². The van der Waals surface area contributed by atoms with E-state index >= 15 is 0 Å². The zero-order valence-electron chi connectivity index (χ0n) is 10.5. The molecule has 2 aliphatic heterocycles. The van der Waals surface area contributed by atoms with Crippen molar-refractivity contribution in [3.05, 3.63) is 18.0 Å². The Morgan fingerprint density at radius 3 is 3.18 bits per heavy atom. The fraction of sp³-hybridized carbons (Fsp3) is 0.769. The van der Waals surface area contributed by atoms with Crippen molar-refractivity contribution >= 4 is 0 Å². The number of hydrogen-bond acceptors (Lipinski definition) is 3. The molecular formula is C13H22N4. The van der Waals surface area contributed by atoms with E-state index in [0.717, 1.165) is 6.04 Å². The Bertz CT molecular complexity index is 348. The van der Waals surface area contributed by atoms with Gasteiger partial charge in [-0.1, -0.05) is 6.42 Å². The molecule has 0 radical (unpaired) electrons. The van der Waals surface area contributed by atoms with Crippen molar-refractivity contribution in [1.82, 2.24) is 20.4 Å². The van der Waals surface area contributed by atoms with E-state index in [9.17, 15) is 0 Å². The summed E-state index contributed by atoms with van der Waals surface area (Å²) in [5.41, 5.74) is 1.19. The fourth-order valence-corrected chi connectivity index (χ4v) is 3.36. The molecule has 2 N–H and O–H groups in total. The molecule has 3 rings (SSSR count). The Morgan fingerprint density at radius 2 is 2.35 bits per heavy atom. The van der Waals surface area contributed by atoms with Crippen LogP contribution in [0.5, 0.6) is 0 Å². The number of fused-ring (bicyclic) bond motifs is 1. The molecule has 0 spiro atoms. The minimum atomic E-state index is 0.379. The highest BCUT2D eigenvalue weighted by Crippen LogP contribution is 2.28. The quantitative estimate of drug-likeness (QED) is 0.836. The van der Waals surface area contributed by atoms with Crippen molar-refractivity contribution in [2.75, 3.05) is 13.1 Å². The summed E-state index contributed by atoms with van der Waals surface area (Å²) in [7, 11) is 0. The normalized spacial score (nSPS) is 31.4. The summed E-state index contributed by atoms with van der Waals surface area (Å²) in [4.78, 5) is 2.67. The average molecular weight is 234 g/mol. The molecule has 1 aromatic heterocycles. The Balaban J connectivity index is 1.62. The lowest BCUT2D eigenvalue weighted by Crippen LogP contribution is -2.45. The molecule has 0 aromatic carbocycles. The first-order chi connectivity index (χ1) is 8.34. The first-order valence-electron chi connectivity index (χ1n) is 6.84. The summed E-state index contributed by atoms with van der Waals surface area (Å²) < 4.78 is 0. The predicted molar refractivity (Wildman–Crippen MR) is 67.8 cm³/mol. The lowest BCUT2D eigenvalue weighted by Gasteiger charge is -2.33. The zero-order chi connectivity index (χ0) is 11.7. The fourth-order valence-electron chi connectivity index (χ4n) is 3.36. The van der Waals surface area contributed by atoms with Crippen LogP contribution in [0.4, 0.5) is 0 Å². The van der Waals surface area contributed by atoms with Gasteiger partial charge >= 0.3 is 0 Å². The topological polar surface area (TPSA) is 44.0 Å². The third-order valence-electron chi connectivity index (χ3n) is 4.31. The van der Waals surface area contributed by atoms with Crippen molar-refractivity contribution in [2.45, 2.75) is 50.7 Å². The van der Waals surface area contributed by atoms with Crippen LogP contribution in [0, 0.1) is 0 Å². The van der Waals surface area contributed by atoms with Crippen LogP contribution in [-0.2, 0) is 0 Å². The molecule has 2 aliphatic rings. The van der Waals surface area contributed by atoms with Crippen molar-refractivity contribution in [1.29, 1.82) is 0 Å². The molecule has 1 aromatic rings. The van der Waals surface area contributed by atoms with Crippen LogP contribution < -0.4 is 5.32 Å². The van der Waals surface area contributed by atoms with Gasteiger partial charge in [0.1, 0.15) is 0 Å². The van der Waals surface area contributed by atoms with E-state index < -0.39 is 0 Å². The molecule has 2 saturated heterocycles. The lowest BCUT2D eigenvalue weighted by molar-refractivity contribution is 0.177. The van der Waals surface area contributed by atoms with Gasteiger partial charge in [0.25, 0.3) is 0 Å². The number of piperidine rings is 1. The standard InChI is InChI=1S/C13H22N4/c1-10(11-5-7-14-16-11)15-12-6-9-17-8-3-2-4-13(12)17/h5,7,10,12-13,15H,2-4,6,8-9H2,1H3,(H,14,16). The molecule has 94 valence electrons. The van der Waals surface area contributed by atoms with Gasteiger partial charge in [0.15, 0.2) is 0 Å². The average Bonchev–Trinajstić information content (AvgIpc) is 2.98. The van der Waals surface area contributed by atoms with Crippen LogP contribution in [0.3, 0.4) is 0 Å². The maximum Gasteiger partial charge on any atom is 0.0518 e. The summed E-state index contributed by atoms with van der Waals surface area (Å²) in [6, 6.07) is 3.87. The van der Waals surface area contributed by atoms with E-state index in [1.807, 2.05) is 6.20 Å². The first-order valence-corrected chi connectivity index (χ1v) is 6.84. The van der Waals surface area contributed by atoms with E-state index in [1.165, 1.54) is 44.5 Å².